The zero-order valence-corrected chi connectivity index (χ0v) is 9.49. The first kappa shape index (κ1) is 11.8. The van der Waals surface area contributed by atoms with Crippen LogP contribution in [0.2, 0.25) is 5.02 Å². The van der Waals surface area contributed by atoms with E-state index in [0.29, 0.717) is 5.02 Å². The molecule has 0 aliphatic heterocycles. The highest BCUT2D eigenvalue weighted by atomic mass is 35.5. The highest BCUT2D eigenvalue weighted by Crippen LogP contribution is 2.11. The molecule has 0 spiro atoms. The van der Waals surface area contributed by atoms with Gasteiger partial charge in [0.1, 0.15) is 6.10 Å². The molecule has 0 amide bonds. The third-order valence-electron chi connectivity index (χ3n) is 1.78. The molecule has 0 radical (unpaired) electrons. The molecule has 2 nitrogen and oxygen atoms in total. The van der Waals surface area contributed by atoms with Crippen LogP contribution < -0.4 is 0 Å². The van der Waals surface area contributed by atoms with Gasteiger partial charge in [0.05, 0.1) is 0 Å². The summed E-state index contributed by atoms with van der Waals surface area (Å²) in [7, 11) is 0. The number of rotatable bonds is 3. The van der Waals surface area contributed by atoms with Crippen LogP contribution >= 0.6 is 11.6 Å². The number of carbonyl (C=O) groups is 1. The van der Waals surface area contributed by atoms with E-state index in [1.165, 1.54) is 6.92 Å². The van der Waals surface area contributed by atoms with E-state index in [1.807, 2.05) is 43.3 Å². The van der Waals surface area contributed by atoms with Crippen molar-refractivity contribution in [3.8, 4) is 0 Å². The molecule has 1 rings (SSSR count). The minimum absolute atomic E-state index is 0.210. The lowest BCUT2D eigenvalue weighted by Gasteiger charge is -2.05. The van der Waals surface area contributed by atoms with Crippen molar-refractivity contribution in [3.05, 3.63) is 40.9 Å². The van der Waals surface area contributed by atoms with E-state index in [0.717, 1.165) is 5.56 Å². The number of halogens is 1. The first-order chi connectivity index (χ1) is 7.08. The first-order valence-electron chi connectivity index (χ1n) is 4.69. The minimum Gasteiger partial charge on any atom is -0.459 e. The van der Waals surface area contributed by atoms with Gasteiger partial charge in [-0.25, -0.2) is 0 Å². The SMILES string of the molecule is CC(=O)OC(C)/C=C/c1ccc(Cl)cc1. The van der Waals surface area contributed by atoms with Crippen LogP contribution in [0.1, 0.15) is 19.4 Å². The summed E-state index contributed by atoms with van der Waals surface area (Å²) >= 11 is 5.75. The maximum absolute atomic E-state index is 10.6. The van der Waals surface area contributed by atoms with E-state index >= 15 is 0 Å². The summed E-state index contributed by atoms with van der Waals surface area (Å²) in [6.45, 7) is 3.21. The summed E-state index contributed by atoms with van der Waals surface area (Å²) in [5.41, 5.74) is 1.03. The highest BCUT2D eigenvalue weighted by Gasteiger charge is 1.99. The predicted molar refractivity (Wildman–Crippen MR) is 61.7 cm³/mol. The quantitative estimate of drug-likeness (QED) is 0.737. The number of hydrogen-bond donors (Lipinski definition) is 0. The Kier molecular flexibility index (Phi) is 4.37. The van der Waals surface area contributed by atoms with Gasteiger partial charge < -0.3 is 4.74 Å². The van der Waals surface area contributed by atoms with Crippen molar-refractivity contribution in [1.29, 1.82) is 0 Å². The second kappa shape index (κ2) is 5.56. The molecule has 0 bridgehead atoms. The first-order valence-corrected chi connectivity index (χ1v) is 5.06. The lowest BCUT2D eigenvalue weighted by Crippen LogP contribution is -2.08. The van der Waals surface area contributed by atoms with Gasteiger partial charge in [-0.05, 0) is 30.7 Å². The van der Waals surface area contributed by atoms with Gasteiger partial charge in [-0.15, -0.1) is 0 Å². The summed E-state index contributed by atoms with van der Waals surface area (Å²) in [6.07, 6.45) is 3.51. The van der Waals surface area contributed by atoms with Crippen LogP contribution in [0.25, 0.3) is 6.08 Å². The summed E-state index contributed by atoms with van der Waals surface area (Å²) in [5, 5.41) is 0.709. The standard InChI is InChI=1S/C12H13ClO2/c1-9(15-10(2)14)3-4-11-5-7-12(13)8-6-11/h3-9H,1-2H3/b4-3+. The molecule has 1 unspecified atom stereocenters. The summed E-state index contributed by atoms with van der Waals surface area (Å²) in [5.74, 6) is -0.275. The topological polar surface area (TPSA) is 26.3 Å². The van der Waals surface area contributed by atoms with Crippen LogP contribution in [0.3, 0.4) is 0 Å². The number of ether oxygens (including phenoxy) is 1. The fraction of sp³-hybridized carbons (Fsp3) is 0.250. The molecule has 1 atom stereocenters. The molecule has 1 aromatic rings. The largest absolute Gasteiger partial charge is 0.459 e. The molecular weight excluding hydrogens is 212 g/mol. The average molecular weight is 225 g/mol. The second-order valence-corrected chi connectivity index (χ2v) is 3.66. The molecule has 0 aliphatic carbocycles. The maximum Gasteiger partial charge on any atom is 0.303 e. The normalized spacial score (nSPS) is 12.7. The van der Waals surface area contributed by atoms with E-state index < -0.39 is 0 Å². The molecule has 1 aromatic carbocycles. The third-order valence-corrected chi connectivity index (χ3v) is 2.03. The van der Waals surface area contributed by atoms with Gasteiger partial charge in [-0.2, -0.15) is 0 Å². The second-order valence-electron chi connectivity index (χ2n) is 3.23. The fourth-order valence-corrected chi connectivity index (χ4v) is 1.25. The molecule has 0 saturated heterocycles. The van der Waals surface area contributed by atoms with Crippen molar-refractivity contribution in [2.24, 2.45) is 0 Å². The number of hydrogen-bond acceptors (Lipinski definition) is 2. The molecule has 0 aromatic heterocycles. The van der Waals surface area contributed by atoms with Crippen LogP contribution in [0.5, 0.6) is 0 Å². The predicted octanol–water partition coefficient (Wildman–Crippen LogP) is 3.30. The van der Waals surface area contributed by atoms with Gasteiger partial charge in [-0.3, -0.25) is 4.79 Å². The summed E-state index contributed by atoms with van der Waals surface area (Å²) in [4.78, 5) is 10.6. The molecule has 0 N–H and O–H groups in total. The van der Waals surface area contributed by atoms with Crippen molar-refractivity contribution in [2.75, 3.05) is 0 Å². The number of benzene rings is 1. The van der Waals surface area contributed by atoms with Gasteiger partial charge in [0.2, 0.25) is 0 Å². The smallest absolute Gasteiger partial charge is 0.303 e. The van der Waals surface area contributed by atoms with Gasteiger partial charge >= 0.3 is 5.97 Å². The monoisotopic (exact) mass is 224 g/mol. The Hall–Kier alpha value is -1.28. The Balaban J connectivity index is 2.57. The molecule has 80 valence electrons. The minimum atomic E-state index is -0.275. The summed E-state index contributed by atoms with van der Waals surface area (Å²) < 4.78 is 4.94. The maximum atomic E-state index is 10.6. The van der Waals surface area contributed by atoms with E-state index in [1.54, 1.807) is 0 Å². The van der Waals surface area contributed by atoms with Gasteiger partial charge in [0, 0.05) is 11.9 Å². The van der Waals surface area contributed by atoms with Crippen molar-refractivity contribution < 1.29 is 9.53 Å². The van der Waals surface area contributed by atoms with Gasteiger partial charge in [0.25, 0.3) is 0 Å². The van der Waals surface area contributed by atoms with Crippen LogP contribution in [0.4, 0.5) is 0 Å². The van der Waals surface area contributed by atoms with Gasteiger partial charge in [0.15, 0.2) is 0 Å². The number of carbonyl (C=O) groups excluding carboxylic acids is 1. The van der Waals surface area contributed by atoms with Crippen molar-refractivity contribution >= 4 is 23.6 Å². The Morgan fingerprint density at radius 3 is 2.53 bits per heavy atom. The lowest BCUT2D eigenvalue weighted by atomic mass is 10.2. The molecule has 0 fully saturated rings. The van der Waals surface area contributed by atoms with Crippen LogP contribution in [0, 0.1) is 0 Å². The van der Waals surface area contributed by atoms with Crippen LogP contribution in [0.15, 0.2) is 30.3 Å². The Labute approximate surface area is 94.5 Å². The number of esters is 1. The molecule has 15 heavy (non-hydrogen) atoms. The van der Waals surface area contributed by atoms with Gasteiger partial charge in [-0.1, -0.05) is 29.8 Å². The van der Waals surface area contributed by atoms with E-state index in [4.69, 9.17) is 16.3 Å². The average Bonchev–Trinajstić information content (AvgIpc) is 2.16. The Morgan fingerprint density at radius 2 is 2.00 bits per heavy atom. The summed E-state index contributed by atoms with van der Waals surface area (Å²) in [6, 6.07) is 7.44. The lowest BCUT2D eigenvalue weighted by molar-refractivity contribution is -0.143. The zero-order chi connectivity index (χ0) is 11.3. The molecule has 0 saturated carbocycles. The van der Waals surface area contributed by atoms with E-state index in [9.17, 15) is 4.79 Å². The molecule has 0 aliphatic rings. The third kappa shape index (κ3) is 4.66. The zero-order valence-electron chi connectivity index (χ0n) is 8.74. The molecule has 3 heteroatoms. The molecular formula is C12H13ClO2. The Bertz CT molecular complexity index is 354. The van der Waals surface area contributed by atoms with Crippen LogP contribution in [-0.2, 0) is 9.53 Å². The molecule has 0 heterocycles. The van der Waals surface area contributed by atoms with Crippen molar-refractivity contribution in [3.63, 3.8) is 0 Å². The highest BCUT2D eigenvalue weighted by molar-refractivity contribution is 6.30. The van der Waals surface area contributed by atoms with Crippen LogP contribution in [-0.4, -0.2) is 12.1 Å². The fourth-order valence-electron chi connectivity index (χ4n) is 1.12. The van der Waals surface area contributed by atoms with E-state index in [-0.39, 0.29) is 12.1 Å². The van der Waals surface area contributed by atoms with E-state index in [2.05, 4.69) is 0 Å². The Morgan fingerprint density at radius 1 is 1.40 bits per heavy atom. The van der Waals surface area contributed by atoms with Crippen molar-refractivity contribution in [2.45, 2.75) is 20.0 Å². The van der Waals surface area contributed by atoms with Crippen molar-refractivity contribution in [1.82, 2.24) is 0 Å².